The summed E-state index contributed by atoms with van der Waals surface area (Å²) in [5.74, 6) is -1.71. The normalized spacial score (nSPS) is 13.4. The number of imide groups is 1. The lowest BCUT2D eigenvalue weighted by atomic mass is 10.1. The van der Waals surface area contributed by atoms with Gasteiger partial charge in [-0.2, -0.15) is 5.01 Å². The van der Waals surface area contributed by atoms with E-state index in [0.717, 1.165) is 15.7 Å². The first-order chi connectivity index (χ1) is 19.4. The topological polar surface area (TPSA) is 146 Å². The van der Waals surface area contributed by atoms with Crippen LogP contribution in [0.5, 0.6) is 0 Å². The molecule has 1 aliphatic heterocycles. The number of hydrazine groups is 1. The van der Waals surface area contributed by atoms with Crippen LogP contribution in [0, 0.1) is 0 Å². The van der Waals surface area contributed by atoms with Crippen molar-refractivity contribution in [2.45, 2.75) is 25.4 Å². The van der Waals surface area contributed by atoms with Crippen LogP contribution < -0.4 is 16.4 Å². The van der Waals surface area contributed by atoms with E-state index in [0.29, 0.717) is 12.0 Å². The summed E-state index contributed by atoms with van der Waals surface area (Å²) in [6, 6.07) is 22.7. The number of nitrogens with two attached hydrogens (primary N) is 1. The number of nitrogens with one attached hydrogen (secondary N) is 2. The summed E-state index contributed by atoms with van der Waals surface area (Å²) in [6.45, 7) is 0.194. The molecule has 1 atom stereocenters. The number of methoxy groups -OCH3 is 1. The number of carbonyl (C=O) groups is 4. The number of ether oxygens (including phenoxy) is 1. The molecule has 4 rings (SSSR count). The minimum Gasteiger partial charge on any atom is -0.467 e. The van der Waals surface area contributed by atoms with Gasteiger partial charge in [-0.05, 0) is 42.7 Å². The minimum atomic E-state index is -1.05. The second-order valence-electron chi connectivity index (χ2n) is 8.94. The predicted molar refractivity (Wildman–Crippen MR) is 149 cm³/mol. The van der Waals surface area contributed by atoms with Gasteiger partial charge in [-0.15, -0.1) is 0 Å². The maximum absolute atomic E-state index is 13.6. The van der Waals surface area contributed by atoms with E-state index in [-0.39, 0.29) is 36.6 Å². The predicted octanol–water partition coefficient (Wildman–Crippen LogP) is 3.16. The molecule has 0 fully saturated rings. The van der Waals surface area contributed by atoms with E-state index in [1.165, 1.54) is 19.2 Å². The van der Waals surface area contributed by atoms with Crippen LogP contribution in [-0.4, -0.2) is 59.5 Å². The molecule has 0 aromatic heterocycles. The molecule has 1 heterocycles. The Kier molecular flexibility index (Phi) is 9.08. The maximum atomic E-state index is 13.6. The molecule has 4 N–H and O–H groups in total. The molecular formula is C29H30N6O5. The fourth-order valence-corrected chi connectivity index (χ4v) is 4.20. The van der Waals surface area contributed by atoms with E-state index in [1.807, 2.05) is 36.4 Å². The third kappa shape index (κ3) is 6.62. The number of hydrogen-bond donors (Lipinski definition) is 3. The molecule has 0 saturated heterocycles. The number of nitrogens with zero attached hydrogens (tertiary/aromatic N) is 3. The second-order valence-corrected chi connectivity index (χ2v) is 8.94. The van der Waals surface area contributed by atoms with E-state index < -0.39 is 29.9 Å². The molecule has 40 heavy (non-hydrogen) atoms. The van der Waals surface area contributed by atoms with Crippen LogP contribution in [0.3, 0.4) is 0 Å². The second kappa shape index (κ2) is 13.1. The van der Waals surface area contributed by atoms with Gasteiger partial charge < -0.3 is 21.1 Å². The first kappa shape index (κ1) is 27.8. The Labute approximate surface area is 231 Å². The van der Waals surface area contributed by atoms with Crippen LogP contribution >= 0.6 is 0 Å². The monoisotopic (exact) mass is 542 g/mol. The number of rotatable bonds is 10. The maximum Gasteiger partial charge on any atom is 0.337 e. The molecule has 0 saturated carbocycles. The zero-order chi connectivity index (χ0) is 28.5. The van der Waals surface area contributed by atoms with Gasteiger partial charge in [-0.1, -0.05) is 60.7 Å². The average Bonchev–Trinajstić information content (AvgIpc) is 3.23. The van der Waals surface area contributed by atoms with Gasteiger partial charge in [-0.3, -0.25) is 14.6 Å². The van der Waals surface area contributed by atoms with Crippen LogP contribution in [0.1, 0.15) is 39.1 Å². The summed E-state index contributed by atoms with van der Waals surface area (Å²) in [7, 11) is 1.22. The van der Waals surface area contributed by atoms with E-state index >= 15 is 0 Å². The summed E-state index contributed by atoms with van der Waals surface area (Å²) in [5, 5.41) is 7.42. The average molecular weight is 543 g/mol. The SMILES string of the molecule is COC(=O)C(CCCN=C(N)Nc1ccccc1)NC(=O)N(Cc1ccccc1)N1C(=O)c2ccccc2C1=O. The van der Waals surface area contributed by atoms with Gasteiger partial charge in [0.2, 0.25) is 0 Å². The van der Waals surface area contributed by atoms with Gasteiger partial charge in [-0.25, -0.2) is 14.6 Å². The summed E-state index contributed by atoms with van der Waals surface area (Å²) < 4.78 is 4.89. The Morgan fingerprint density at radius 3 is 2.10 bits per heavy atom. The third-order valence-corrected chi connectivity index (χ3v) is 6.19. The molecule has 3 aromatic rings. The lowest BCUT2D eigenvalue weighted by Gasteiger charge is -2.31. The van der Waals surface area contributed by atoms with E-state index in [1.54, 1.807) is 36.4 Å². The van der Waals surface area contributed by atoms with E-state index in [2.05, 4.69) is 15.6 Å². The molecule has 3 aromatic carbocycles. The molecule has 1 aliphatic rings. The molecule has 1 unspecified atom stereocenters. The molecule has 11 nitrogen and oxygen atoms in total. The van der Waals surface area contributed by atoms with Gasteiger partial charge in [0.15, 0.2) is 5.96 Å². The Morgan fingerprint density at radius 1 is 0.925 bits per heavy atom. The van der Waals surface area contributed by atoms with Crippen molar-refractivity contribution in [3.63, 3.8) is 0 Å². The lowest BCUT2D eigenvalue weighted by Crippen LogP contribution is -2.56. The summed E-state index contributed by atoms with van der Waals surface area (Å²) in [4.78, 5) is 56.7. The first-order valence-electron chi connectivity index (χ1n) is 12.7. The van der Waals surface area contributed by atoms with Gasteiger partial charge >= 0.3 is 12.0 Å². The van der Waals surface area contributed by atoms with E-state index in [9.17, 15) is 19.2 Å². The summed E-state index contributed by atoms with van der Waals surface area (Å²) in [5.41, 5.74) is 7.80. The molecule has 0 bridgehead atoms. The van der Waals surface area contributed by atoms with Crippen molar-refractivity contribution in [3.8, 4) is 0 Å². The van der Waals surface area contributed by atoms with Gasteiger partial charge in [0.1, 0.15) is 6.04 Å². The number of aliphatic imine (C=N–C) groups is 1. The number of esters is 1. The molecular weight excluding hydrogens is 512 g/mol. The lowest BCUT2D eigenvalue weighted by molar-refractivity contribution is -0.143. The standard InChI is InChI=1S/C29H30N6O5/c1-40-27(38)24(17-10-18-31-28(30)32-21-13-6-3-7-14-21)33-29(39)34(19-20-11-4-2-5-12-20)35-25(36)22-15-8-9-16-23(22)26(35)37/h2-9,11-16,24H,10,17-19H2,1H3,(H,33,39)(H3,30,31,32). The fourth-order valence-electron chi connectivity index (χ4n) is 4.20. The van der Waals surface area contributed by atoms with Crippen molar-refractivity contribution in [2.75, 3.05) is 19.0 Å². The zero-order valence-corrected chi connectivity index (χ0v) is 21.9. The fraction of sp³-hybridized carbons (Fsp3) is 0.207. The number of carbonyl (C=O) groups excluding carboxylic acids is 4. The largest absolute Gasteiger partial charge is 0.467 e. The smallest absolute Gasteiger partial charge is 0.337 e. The first-order valence-corrected chi connectivity index (χ1v) is 12.7. The number of fused-ring (bicyclic) bond motifs is 1. The van der Waals surface area contributed by atoms with Gasteiger partial charge in [0, 0.05) is 12.2 Å². The molecule has 4 amide bonds. The van der Waals surface area contributed by atoms with Crippen molar-refractivity contribution >= 4 is 35.5 Å². The molecule has 0 spiro atoms. The highest BCUT2D eigenvalue weighted by Gasteiger charge is 2.42. The van der Waals surface area contributed by atoms with Gasteiger partial charge in [0.05, 0.1) is 24.8 Å². The molecule has 0 radical (unpaired) electrons. The van der Waals surface area contributed by atoms with Crippen LogP contribution in [0.4, 0.5) is 10.5 Å². The quantitative estimate of drug-likeness (QED) is 0.117. The van der Waals surface area contributed by atoms with Crippen molar-refractivity contribution in [3.05, 3.63) is 102 Å². The van der Waals surface area contributed by atoms with Gasteiger partial charge in [0.25, 0.3) is 11.8 Å². The van der Waals surface area contributed by atoms with Crippen LogP contribution in [0.15, 0.2) is 89.9 Å². The third-order valence-electron chi connectivity index (χ3n) is 6.19. The Bertz CT molecular complexity index is 1360. The number of para-hydroxylation sites is 1. The van der Waals surface area contributed by atoms with Crippen LogP contribution in [0.25, 0.3) is 0 Å². The number of amides is 4. The number of urea groups is 1. The van der Waals surface area contributed by atoms with Crippen LogP contribution in [-0.2, 0) is 16.1 Å². The Hall–Kier alpha value is -5.19. The molecule has 206 valence electrons. The van der Waals surface area contributed by atoms with Crippen molar-refractivity contribution < 1.29 is 23.9 Å². The number of anilines is 1. The highest BCUT2D eigenvalue weighted by Crippen LogP contribution is 2.25. The summed E-state index contributed by atoms with van der Waals surface area (Å²) >= 11 is 0. The number of guanidine groups is 1. The van der Waals surface area contributed by atoms with Crippen molar-refractivity contribution in [2.24, 2.45) is 10.7 Å². The zero-order valence-electron chi connectivity index (χ0n) is 21.9. The van der Waals surface area contributed by atoms with Crippen molar-refractivity contribution in [1.29, 1.82) is 0 Å². The Balaban J connectivity index is 1.47. The Morgan fingerprint density at radius 2 is 1.50 bits per heavy atom. The minimum absolute atomic E-state index is 0.0853. The van der Waals surface area contributed by atoms with Crippen molar-refractivity contribution in [1.82, 2.24) is 15.3 Å². The van der Waals surface area contributed by atoms with E-state index in [4.69, 9.17) is 10.5 Å². The summed E-state index contributed by atoms with van der Waals surface area (Å²) in [6.07, 6.45) is 0.574. The van der Waals surface area contributed by atoms with Crippen LogP contribution in [0.2, 0.25) is 0 Å². The highest BCUT2D eigenvalue weighted by atomic mass is 16.5. The number of benzene rings is 3. The highest BCUT2D eigenvalue weighted by molar-refractivity contribution is 6.21. The molecule has 0 aliphatic carbocycles. The number of hydrogen-bond acceptors (Lipinski definition) is 6. The molecule has 11 heteroatoms.